The Kier molecular flexibility index (Phi) is 5.79. The van der Waals surface area contributed by atoms with Gasteiger partial charge in [-0.2, -0.15) is 0 Å². The third-order valence-electron chi connectivity index (χ3n) is 3.93. The van der Waals surface area contributed by atoms with E-state index in [2.05, 4.69) is 0 Å². The zero-order chi connectivity index (χ0) is 17.6. The van der Waals surface area contributed by atoms with Crippen molar-refractivity contribution in [1.29, 1.82) is 0 Å². The number of fused-ring (bicyclic) bond motifs is 1. The Morgan fingerprint density at radius 2 is 2.08 bits per heavy atom. The van der Waals surface area contributed by atoms with Gasteiger partial charge in [-0.25, -0.2) is 0 Å². The molecule has 0 saturated heterocycles. The second-order valence-electron chi connectivity index (χ2n) is 5.64. The number of hydrogen-bond acceptors (Lipinski definition) is 5. The van der Waals surface area contributed by atoms with Crippen molar-refractivity contribution in [3.05, 3.63) is 58.1 Å². The van der Waals surface area contributed by atoms with Crippen LogP contribution >= 0.6 is 11.6 Å². The molecule has 5 nitrogen and oxygen atoms in total. The van der Waals surface area contributed by atoms with Gasteiger partial charge in [0.1, 0.15) is 18.1 Å². The molecule has 0 aromatic heterocycles. The lowest BCUT2D eigenvalue weighted by atomic mass is 10.1. The van der Waals surface area contributed by atoms with Crippen LogP contribution < -0.4 is 9.47 Å². The zero-order valence-electron chi connectivity index (χ0n) is 13.9. The monoisotopic (exact) mass is 362 g/mol. The highest BCUT2D eigenvalue weighted by atomic mass is 35.5. The van der Waals surface area contributed by atoms with Gasteiger partial charge >= 0.3 is 5.97 Å². The standard InChI is InChI=1S/C19H19ClO5/c1-22-17-5-3-2-4-13(17)6-7-18(21)24-11-15-9-16(20)8-14-10-23-12-25-19(14)15/h2-5,8-9H,6-7,10-12H2,1H3. The van der Waals surface area contributed by atoms with Crippen molar-refractivity contribution in [2.75, 3.05) is 13.9 Å². The SMILES string of the molecule is COc1ccccc1CCC(=O)OCc1cc(Cl)cc2c1OCOC2. The van der Waals surface area contributed by atoms with Gasteiger partial charge < -0.3 is 18.9 Å². The van der Waals surface area contributed by atoms with Crippen LogP contribution in [0.2, 0.25) is 5.02 Å². The van der Waals surface area contributed by atoms with Crippen molar-refractivity contribution in [2.45, 2.75) is 26.1 Å². The molecular formula is C19H19ClO5. The second kappa shape index (κ2) is 8.23. The summed E-state index contributed by atoms with van der Waals surface area (Å²) >= 11 is 6.11. The molecule has 0 spiro atoms. The van der Waals surface area contributed by atoms with Crippen molar-refractivity contribution < 1.29 is 23.7 Å². The Morgan fingerprint density at radius 1 is 1.24 bits per heavy atom. The molecule has 1 aliphatic rings. The Morgan fingerprint density at radius 3 is 2.92 bits per heavy atom. The summed E-state index contributed by atoms with van der Waals surface area (Å²) in [5.41, 5.74) is 2.58. The van der Waals surface area contributed by atoms with Crippen LogP contribution in [-0.4, -0.2) is 19.9 Å². The molecule has 0 radical (unpaired) electrons. The minimum atomic E-state index is -0.285. The number of hydrogen-bond donors (Lipinski definition) is 0. The van der Waals surface area contributed by atoms with Crippen LogP contribution in [0.3, 0.4) is 0 Å². The normalized spacial score (nSPS) is 12.9. The van der Waals surface area contributed by atoms with Crippen LogP contribution in [0.5, 0.6) is 11.5 Å². The summed E-state index contributed by atoms with van der Waals surface area (Å²) in [6.45, 7) is 0.738. The molecular weight excluding hydrogens is 344 g/mol. The average Bonchev–Trinajstić information content (AvgIpc) is 2.64. The van der Waals surface area contributed by atoms with Crippen LogP contribution in [0.4, 0.5) is 0 Å². The molecule has 0 N–H and O–H groups in total. The van der Waals surface area contributed by atoms with E-state index in [1.54, 1.807) is 19.2 Å². The van der Waals surface area contributed by atoms with E-state index in [1.807, 2.05) is 24.3 Å². The van der Waals surface area contributed by atoms with E-state index in [9.17, 15) is 4.79 Å². The van der Waals surface area contributed by atoms with Crippen LogP contribution in [-0.2, 0) is 33.9 Å². The number of rotatable bonds is 6. The molecule has 0 unspecified atom stereocenters. The van der Waals surface area contributed by atoms with E-state index >= 15 is 0 Å². The smallest absolute Gasteiger partial charge is 0.306 e. The number of esters is 1. The number of ether oxygens (including phenoxy) is 4. The van der Waals surface area contributed by atoms with Gasteiger partial charge in [0.05, 0.1) is 13.7 Å². The molecule has 2 aromatic rings. The van der Waals surface area contributed by atoms with Gasteiger partial charge in [0.25, 0.3) is 0 Å². The van der Waals surface area contributed by atoms with Gasteiger partial charge in [0.15, 0.2) is 6.79 Å². The molecule has 0 saturated carbocycles. The van der Waals surface area contributed by atoms with Crippen molar-refractivity contribution in [2.24, 2.45) is 0 Å². The third-order valence-corrected chi connectivity index (χ3v) is 4.15. The van der Waals surface area contributed by atoms with Crippen LogP contribution in [0, 0.1) is 0 Å². The lowest BCUT2D eigenvalue weighted by Crippen LogP contribution is -2.14. The highest BCUT2D eigenvalue weighted by Gasteiger charge is 2.17. The molecule has 0 aliphatic carbocycles. The van der Waals surface area contributed by atoms with Crippen LogP contribution in [0.1, 0.15) is 23.1 Å². The Balaban J connectivity index is 1.59. The van der Waals surface area contributed by atoms with Gasteiger partial charge in [-0.05, 0) is 30.2 Å². The van der Waals surface area contributed by atoms with Gasteiger partial charge in [0.2, 0.25) is 0 Å². The molecule has 0 bridgehead atoms. The van der Waals surface area contributed by atoms with Crippen LogP contribution in [0.15, 0.2) is 36.4 Å². The van der Waals surface area contributed by atoms with Crippen molar-refractivity contribution >= 4 is 17.6 Å². The first kappa shape index (κ1) is 17.6. The molecule has 132 valence electrons. The van der Waals surface area contributed by atoms with Crippen molar-refractivity contribution in [3.8, 4) is 11.5 Å². The maximum Gasteiger partial charge on any atom is 0.306 e. The predicted molar refractivity (Wildman–Crippen MR) is 92.8 cm³/mol. The molecule has 0 fully saturated rings. The molecule has 0 amide bonds. The second-order valence-corrected chi connectivity index (χ2v) is 6.07. The summed E-state index contributed by atoms with van der Waals surface area (Å²) in [4.78, 5) is 12.1. The summed E-state index contributed by atoms with van der Waals surface area (Å²) in [6.07, 6.45) is 0.827. The van der Waals surface area contributed by atoms with Gasteiger partial charge in [-0.1, -0.05) is 29.8 Å². The fraction of sp³-hybridized carbons (Fsp3) is 0.316. The minimum Gasteiger partial charge on any atom is -0.496 e. The molecule has 0 atom stereocenters. The first-order valence-corrected chi connectivity index (χ1v) is 8.34. The number of methoxy groups -OCH3 is 1. The highest BCUT2D eigenvalue weighted by molar-refractivity contribution is 6.30. The highest BCUT2D eigenvalue weighted by Crippen LogP contribution is 2.32. The van der Waals surface area contributed by atoms with E-state index in [0.29, 0.717) is 23.8 Å². The predicted octanol–water partition coefficient (Wildman–Crippen LogP) is 3.89. The van der Waals surface area contributed by atoms with Gasteiger partial charge in [-0.15, -0.1) is 0 Å². The van der Waals surface area contributed by atoms with E-state index in [-0.39, 0.29) is 25.8 Å². The molecule has 6 heteroatoms. The number of para-hydroxylation sites is 1. The van der Waals surface area contributed by atoms with E-state index in [0.717, 1.165) is 22.4 Å². The maximum atomic E-state index is 12.1. The van der Waals surface area contributed by atoms with Gasteiger partial charge in [0, 0.05) is 22.6 Å². The molecule has 25 heavy (non-hydrogen) atoms. The molecule has 3 rings (SSSR count). The van der Waals surface area contributed by atoms with E-state index in [1.165, 1.54) is 0 Å². The number of carbonyl (C=O) groups is 1. The fourth-order valence-corrected chi connectivity index (χ4v) is 3.00. The topological polar surface area (TPSA) is 54.0 Å². The number of carbonyl (C=O) groups excluding carboxylic acids is 1. The fourth-order valence-electron chi connectivity index (χ4n) is 2.74. The number of halogens is 1. The largest absolute Gasteiger partial charge is 0.496 e. The number of aryl methyl sites for hydroxylation is 1. The molecule has 1 aliphatic heterocycles. The lowest BCUT2D eigenvalue weighted by molar-refractivity contribution is -0.145. The third kappa shape index (κ3) is 4.44. The maximum absolute atomic E-state index is 12.1. The average molecular weight is 363 g/mol. The Labute approximate surface area is 151 Å². The molecule has 2 aromatic carbocycles. The molecule has 1 heterocycles. The van der Waals surface area contributed by atoms with E-state index < -0.39 is 0 Å². The lowest BCUT2D eigenvalue weighted by Gasteiger charge is -2.21. The zero-order valence-corrected chi connectivity index (χ0v) is 14.7. The Bertz CT molecular complexity index is 759. The first-order chi connectivity index (χ1) is 12.2. The quantitative estimate of drug-likeness (QED) is 0.730. The summed E-state index contributed by atoms with van der Waals surface area (Å²) in [6, 6.07) is 11.2. The summed E-state index contributed by atoms with van der Waals surface area (Å²) in [5, 5.41) is 0.563. The van der Waals surface area contributed by atoms with E-state index in [4.69, 9.17) is 30.5 Å². The van der Waals surface area contributed by atoms with Crippen molar-refractivity contribution in [3.63, 3.8) is 0 Å². The minimum absolute atomic E-state index is 0.119. The summed E-state index contributed by atoms with van der Waals surface area (Å²) < 4.78 is 21.4. The summed E-state index contributed by atoms with van der Waals surface area (Å²) in [7, 11) is 1.61. The summed E-state index contributed by atoms with van der Waals surface area (Å²) in [5.74, 6) is 1.17. The van der Waals surface area contributed by atoms with Crippen LogP contribution in [0.25, 0.3) is 0 Å². The Hall–Kier alpha value is -2.24. The van der Waals surface area contributed by atoms with Crippen molar-refractivity contribution in [1.82, 2.24) is 0 Å². The first-order valence-electron chi connectivity index (χ1n) is 7.96. The van der Waals surface area contributed by atoms with Gasteiger partial charge in [-0.3, -0.25) is 4.79 Å². The number of benzene rings is 2.